The molecule has 114 valence electrons. The van der Waals surface area contributed by atoms with Crippen molar-refractivity contribution in [3.8, 4) is 0 Å². The smallest absolute Gasteiger partial charge is 0.308 e. The molecule has 2 N–H and O–H groups in total. The molecule has 1 aliphatic rings. The first kappa shape index (κ1) is 16.0. The Kier molecular flexibility index (Phi) is 5.38. The lowest BCUT2D eigenvalue weighted by Crippen LogP contribution is -2.33. The van der Waals surface area contributed by atoms with Gasteiger partial charge in [0.15, 0.2) is 0 Å². The van der Waals surface area contributed by atoms with Gasteiger partial charge >= 0.3 is 5.97 Å². The van der Waals surface area contributed by atoms with Crippen molar-refractivity contribution >= 4 is 39.9 Å². The van der Waals surface area contributed by atoms with Crippen molar-refractivity contribution in [1.29, 1.82) is 0 Å². The maximum Gasteiger partial charge on any atom is 0.308 e. The Balaban J connectivity index is 2.26. The second-order valence-electron chi connectivity index (χ2n) is 5.25. The van der Waals surface area contributed by atoms with Crippen LogP contribution in [-0.2, 0) is 4.79 Å². The van der Waals surface area contributed by atoms with E-state index in [-0.39, 0.29) is 11.7 Å². The zero-order chi connectivity index (χ0) is 15.4. The number of nitrogens with zero attached hydrogens (tertiary/aromatic N) is 1. The van der Waals surface area contributed by atoms with Crippen molar-refractivity contribution in [2.24, 2.45) is 5.92 Å². The van der Waals surface area contributed by atoms with Gasteiger partial charge in [-0.2, -0.15) is 0 Å². The van der Waals surface area contributed by atoms with E-state index in [2.05, 4.69) is 5.32 Å². The molecule has 0 spiro atoms. The second kappa shape index (κ2) is 7.06. The van der Waals surface area contributed by atoms with E-state index in [1.165, 1.54) is 6.07 Å². The van der Waals surface area contributed by atoms with E-state index in [4.69, 9.17) is 0 Å². The maximum absolute atomic E-state index is 11.4. The molecule has 0 amide bonds. The summed E-state index contributed by atoms with van der Waals surface area (Å²) in [6.07, 6.45) is 4.19. The number of halogens is 1. The minimum absolute atomic E-state index is 0.00437. The van der Waals surface area contributed by atoms with Gasteiger partial charge in [-0.25, -0.2) is 0 Å². The first-order valence-electron chi connectivity index (χ1n) is 6.92. The first-order valence-corrected chi connectivity index (χ1v) is 8.00. The zero-order valence-corrected chi connectivity index (χ0v) is 13.6. The molecule has 2 atom stereocenters. The third-order valence-electron chi connectivity index (χ3n) is 3.83. The number of anilines is 1. The minimum Gasteiger partial charge on any atom is -0.481 e. The monoisotopic (exact) mass is 404 g/mol. The lowest BCUT2D eigenvalue weighted by atomic mass is 9.94. The van der Waals surface area contributed by atoms with E-state index < -0.39 is 16.8 Å². The van der Waals surface area contributed by atoms with Gasteiger partial charge in [0.1, 0.15) is 5.69 Å². The Morgan fingerprint density at radius 2 is 2.05 bits per heavy atom. The third-order valence-corrected chi connectivity index (χ3v) is 4.50. The summed E-state index contributed by atoms with van der Waals surface area (Å²) in [4.78, 5) is 22.1. The van der Waals surface area contributed by atoms with Crippen molar-refractivity contribution in [3.05, 3.63) is 31.9 Å². The van der Waals surface area contributed by atoms with Crippen LogP contribution < -0.4 is 5.32 Å². The predicted octanol–water partition coefficient (Wildman–Crippen LogP) is 3.64. The summed E-state index contributed by atoms with van der Waals surface area (Å²) in [7, 11) is 0. The van der Waals surface area contributed by atoms with E-state index in [0.29, 0.717) is 12.1 Å². The normalized spacial score (nSPS) is 22.3. The van der Waals surface area contributed by atoms with Crippen LogP contribution in [0.25, 0.3) is 0 Å². The number of aliphatic carboxylic acids is 1. The summed E-state index contributed by atoms with van der Waals surface area (Å²) in [6.45, 7) is 0. The fourth-order valence-electron chi connectivity index (χ4n) is 2.75. The van der Waals surface area contributed by atoms with Crippen molar-refractivity contribution in [1.82, 2.24) is 0 Å². The Bertz CT molecular complexity index is 550. The molecule has 0 aliphatic heterocycles. The van der Waals surface area contributed by atoms with Crippen LogP contribution in [0.5, 0.6) is 0 Å². The maximum atomic E-state index is 11.4. The Labute approximate surface area is 136 Å². The quantitative estimate of drug-likeness (QED) is 0.346. The van der Waals surface area contributed by atoms with E-state index in [0.717, 1.165) is 29.3 Å². The Hall–Kier alpha value is -1.38. The van der Waals surface area contributed by atoms with Crippen LogP contribution in [0.4, 0.5) is 11.4 Å². The first-order chi connectivity index (χ1) is 9.99. The van der Waals surface area contributed by atoms with Gasteiger partial charge in [0.2, 0.25) is 0 Å². The van der Waals surface area contributed by atoms with Crippen molar-refractivity contribution < 1.29 is 14.8 Å². The molecule has 2 unspecified atom stereocenters. The summed E-state index contributed by atoms with van der Waals surface area (Å²) in [5.74, 6) is -1.33. The molecule has 0 saturated heterocycles. The summed E-state index contributed by atoms with van der Waals surface area (Å²) in [6, 6.07) is 4.67. The van der Waals surface area contributed by atoms with Gasteiger partial charge in [-0.1, -0.05) is 19.3 Å². The number of nitro benzene ring substituents is 1. The van der Waals surface area contributed by atoms with Crippen LogP contribution in [0.1, 0.15) is 32.1 Å². The molecular formula is C14H17IN2O4. The molecule has 0 heterocycles. The molecular weight excluding hydrogens is 387 g/mol. The summed E-state index contributed by atoms with van der Waals surface area (Å²) in [5, 5.41) is 23.6. The highest BCUT2D eigenvalue weighted by Gasteiger charge is 2.30. The Morgan fingerprint density at radius 3 is 2.71 bits per heavy atom. The van der Waals surface area contributed by atoms with Crippen LogP contribution in [0.2, 0.25) is 0 Å². The number of hydrogen-bond acceptors (Lipinski definition) is 4. The highest BCUT2D eigenvalue weighted by atomic mass is 127. The van der Waals surface area contributed by atoms with Crippen LogP contribution in [0, 0.1) is 19.6 Å². The predicted molar refractivity (Wildman–Crippen MR) is 87.4 cm³/mol. The fourth-order valence-corrected chi connectivity index (χ4v) is 3.23. The number of benzene rings is 1. The molecule has 1 aromatic carbocycles. The summed E-state index contributed by atoms with van der Waals surface area (Å²) < 4.78 is 0.778. The summed E-state index contributed by atoms with van der Waals surface area (Å²) in [5.41, 5.74) is 0.397. The number of rotatable bonds is 4. The van der Waals surface area contributed by atoms with Gasteiger partial charge in [-0.05, 0) is 47.6 Å². The molecule has 0 bridgehead atoms. The van der Waals surface area contributed by atoms with Crippen molar-refractivity contribution in [2.75, 3.05) is 5.32 Å². The number of carboxylic acid groups (broad SMARTS) is 1. The van der Waals surface area contributed by atoms with E-state index in [1.807, 2.05) is 22.6 Å². The van der Waals surface area contributed by atoms with Crippen LogP contribution in [0.15, 0.2) is 18.2 Å². The van der Waals surface area contributed by atoms with Gasteiger partial charge in [0.05, 0.1) is 10.8 Å². The molecule has 0 aromatic heterocycles. The van der Waals surface area contributed by atoms with Crippen molar-refractivity contribution in [3.63, 3.8) is 0 Å². The molecule has 1 aromatic rings. The van der Waals surface area contributed by atoms with Crippen LogP contribution in [-0.4, -0.2) is 22.0 Å². The van der Waals surface area contributed by atoms with Gasteiger partial charge in [0.25, 0.3) is 5.69 Å². The SMILES string of the molecule is O=C(O)C1CCCCCC1Nc1ccc(I)cc1[N+](=O)[O-]. The van der Waals surface area contributed by atoms with Gasteiger partial charge in [-0.15, -0.1) is 0 Å². The summed E-state index contributed by atoms with van der Waals surface area (Å²) >= 11 is 2.02. The third kappa shape index (κ3) is 4.05. The van der Waals surface area contributed by atoms with Gasteiger partial charge < -0.3 is 10.4 Å². The number of carboxylic acids is 1. The molecule has 7 heteroatoms. The van der Waals surface area contributed by atoms with E-state index >= 15 is 0 Å². The topological polar surface area (TPSA) is 92.5 Å². The molecule has 1 fully saturated rings. The van der Waals surface area contributed by atoms with Gasteiger partial charge in [0, 0.05) is 15.7 Å². The van der Waals surface area contributed by atoms with E-state index in [9.17, 15) is 20.0 Å². The molecule has 0 radical (unpaired) electrons. The minimum atomic E-state index is -0.831. The second-order valence-corrected chi connectivity index (χ2v) is 6.50. The van der Waals surface area contributed by atoms with Crippen molar-refractivity contribution in [2.45, 2.75) is 38.1 Å². The number of nitrogens with one attached hydrogen (secondary N) is 1. The zero-order valence-electron chi connectivity index (χ0n) is 11.4. The number of nitro groups is 1. The standard InChI is InChI=1S/C14H17IN2O4/c15-9-6-7-12(13(8-9)17(20)21)16-11-5-3-1-2-4-10(11)14(18)19/h6-8,10-11,16H,1-5H2,(H,18,19). The highest BCUT2D eigenvalue weighted by Crippen LogP contribution is 2.31. The number of carbonyl (C=O) groups is 1. The fraction of sp³-hybridized carbons (Fsp3) is 0.500. The molecule has 21 heavy (non-hydrogen) atoms. The van der Waals surface area contributed by atoms with Gasteiger partial charge in [-0.3, -0.25) is 14.9 Å². The largest absolute Gasteiger partial charge is 0.481 e. The van der Waals surface area contributed by atoms with Crippen LogP contribution >= 0.6 is 22.6 Å². The molecule has 1 aliphatic carbocycles. The highest BCUT2D eigenvalue weighted by molar-refractivity contribution is 14.1. The van der Waals surface area contributed by atoms with E-state index in [1.54, 1.807) is 12.1 Å². The van der Waals surface area contributed by atoms with Crippen LogP contribution in [0.3, 0.4) is 0 Å². The number of hydrogen-bond donors (Lipinski definition) is 2. The molecule has 1 saturated carbocycles. The Morgan fingerprint density at radius 1 is 1.33 bits per heavy atom. The average Bonchev–Trinajstić information content (AvgIpc) is 2.66. The average molecular weight is 404 g/mol. The molecule has 6 nitrogen and oxygen atoms in total. The lowest BCUT2D eigenvalue weighted by Gasteiger charge is -2.23. The molecule has 2 rings (SSSR count). The lowest BCUT2D eigenvalue weighted by molar-refractivity contribution is -0.384.